The van der Waals surface area contributed by atoms with Gasteiger partial charge in [-0.15, -0.1) is 0 Å². The highest BCUT2D eigenvalue weighted by molar-refractivity contribution is 5.94. The maximum atomic E-state index is 12.4. The molecule has 0 aliphatic heterocycles. The van der Waals surface area contributed by atoms with Crippen LogP contribution in [0.4, 0.5) is 0 Å². The van der Waals surface area contributed by atoms with Gasteiger partial charge in [-0.3, -0.25) is 4.79 Å². The molecule has 4 heteroatoms. The molecule has 0 fully saturated rings. The van der Waals surface area contributed by atoms with Gasteiger partial charge < -0.3 is 9.88 Å². The molecule has 0 bridgehead atoms. The zero-order valence-electron chi connectivity index (χ0n) is 15.1. The first-order valence-electron chi connectivity index (χ1n) is 8.35. The zero-order valence-corrected chi connectivity index (χ0v) is 15.1. The third-order valence-corrected chi connectivity index (χ3v) is 4.66. The van der Waals surface area contributed by atoms with Gasteiger partial charge in [-0.05, 0) is 48.2 Å². The Labute approximate surface area is 148 Å². The lowest BCUT2D eigenvalue weighted by molar-refractivity contribution is 0.0827. The van der Waals surface area contributed by atoms with Crippen LogP contribution in [-0.4, -0.2) is 34.9 Å². The SMILES string of the molecule is Cc1cccc(C(c2cccc(C(=O)N(C)C)c2)c2cnc[nH]2)c1C. The number of imidazole rings is 1. The summed E-state index contributed by atoms with van der Waals surface area (Å²) in [5, 5.41) is 0. The molecule has 2 aromatic carbocycles. The van der Waals surface area contributed by atoms with Crippen LogP contribution in [0.2, 0.25) is 0 Å². The number of benzene rings is 2. The van der Waals surface area contributed by atoms with Crippen molar-refractivity contribution in [2.24, 2.45) is 0 Å². The minimum atomic E-state index is 0.00572. The molecular formula is C21H23N3O. The van der Waals surface area contributed by atoms with Crippen molar-refractivity contribution in [2.45, 2.75) is 19.8 Å². The number of aromatic amines is 1. The maximum absolute atomic E-state index is 12.4. The highest BCUT2D eigenvalue weighted by Gasteiger charge is 2.21. The lowest BCUT2D eigenvalue weighted by Gasteiger charge is -2.21. The van der Waals surface area contributed by atoms with E-state index < -0.39 is 0 Å². The Bertz CT molecular complexity index is 882. The molecule has 4 nitrogen and oxygen atoms in total. The summed E-state index contributed by atoms with van der Waals surface area (Å²) in [5.74, 6) is 0.0171. The number of nitrogens with one attached hydrogen (secondary N) is 1. The van der Waals surface area contributed by atoms with Crippen LogP contribution in [0.5, 0.6) is 0 Å². The van der Waals surface area contributed by atoms with Crippen LogP contribution in [0.25, 0.3) is 0 Å². The fourth-order valence-corrected chi connectivity index (χ4v) is 3.15. The molecular weight excluding hydrogens is 310 g/mol. The topological polar surface area (TPSA) is 49.0 Å². The van der Waals surface area contributed by atoms with E-state index in [9.17, 15) is 4.79 Å². The summed E-state index contributed by atoms with van der Waals surface area (Å²) in [5.41, 5.74) is 6.51. The first-order chi connectivity index (χ1) is 12.0. The molecule has 0 saturated heterocycles. The molecule has 1 atom stereocenters. The molecule has 1 aromatic heterocycles. The lowest BCUT2D eigenvalue weighted by atomic mass is 9.84. The van der Waals surface area contributed by atoms with Gasteiger partial charge in [0, 0.05) is 31.5 Å². The highest BCUT2D eigenvalue weighted by atomic mass is 16.2. The Balaban J connectivity index is 2.15. The molecule has 0 spiro atoms. The summed E-state index contributed by atoms with van der Waals surface area (Å²) in [6.45, 7) is 4.26. The number of aromatic nitrogens is 2. The molecule has 0 radical (unpaired) electrons. The molecule has 128 valence electrons. The third-order valence-electron chi connectivity index (χ3n) is 4.66. The van der Waals surface area contributed by atoms with Crippen molar-refractivity contribution in [3.05, 3.63) is 88.5 Å². The summed E-state index contributed by atoms with van der Waals surface area (Å²) in [6, 6.07) is 14.2. The monoisotopic (exact) mass is 333 g/mol. The Kier molecular flexibility index (Phi) is 4.70. The average molecular weight is 333 g/mol. The van der Waals surface area contributed by atoms with Crippen LogP contribution in [0, 0.1) is 13.8 Å². The van der Waals surface area contributed by atoms with Gasteiger partial charge in [-0.2, -0.15) is 0 Å². The lowest BCUT2D eigenvalue weighted by Crippen LogP contribution is -2.22. The van der Waals surface area contributed by atoms with Crippen molar-refractivity contribution in [3.8, 4) is 0 Å². The molecule has 1 amide bonds. The third kappa shape index (κ3) is 3.33. The molecule has 0 aliphatic carbocycles. The Hall–Kier alpha value is -2.88. The number of H-pyrrole nitrogens is 1. The fraction of sp³-hybridized carbons (Fsp3) is 0.238. The first kappa shape index (κ1) is 17.0. The summed E-state index contributed by atoms with van der Waals surface area (Å²) in [7, 11) is 3.54. The van der Waals surface area contributed by atoms with E-state index in [-0.39, 0.29) is 11.8 Å². The quantitative estimate of drug-likeness (QED) is 0.787. The molecule has 1 N–H and O–H groups in total. The van der Waals surface area contributed by atoms with Gasteiger partial charge in [0.1, 0.15) is 0 Å². The molecule has 1 unspecified atom stereocenters. The predicted molar refractivity (Wildman–Crippen MR) is 99.9 cm³/mol. The summed E-state index contributed by atoms with van der Waals surface area (Å²) >= 11 is 0. The summed E-state index contributed by atoms with van der Waals surface area (Å²) in [6.07, 6.45) is 3.55. The van der Waals surface area contributed by atoms with Crippen LogP contribution in [0.1, 0.15) is 44.2 Å². The van der Waals surface area contributed by atoms with Gasteiger partial charge in [-0.1, -0.05) is 30.3 Å². The van der Waals surface area contributed by atoms with Crippen LogP contribution in [0.3, 0.4) is 0 Å². The van der Waals surface area contributed by atoms with E-state index in [1.807, 2.05) is 24.4 Å². The van der Waals surface area contributed by atoms with Gasteiger partial charge in [0.05, 0.1) is 12.2 Å². The Morgan fingerprint density at radius 2 is 1.88 bits per heavy atom. The number of aryl methyl sites for hydroxylation is 1. The Morgan fingerprint density at radius 3 is 2.56 bits per heavy atom. The molecule has 25 heavy (non-hydrogen) atoms. The molecule has 3 aromatic rings. The zero-order chi connectivity index (χ0) is 18.0. The predicted octanol–water partition coefficient (Wildman–Crippen LogP) is 3.91. The van der Waals surface area contributed by atoms with E-state index in [1.165, 1.54) is 16.7 Å². The van der Waals surface area contributed by atoms with Gasteiger partial charge in [0.25, 0.3) is 5.91 Å². The second kappa shape index (κ2) is 6.93. The Morgan fingerprint density at radius 1 is 1.12 bits per heavy atom. The standard InChI is InChI=1S/C21H23N3O/c1-14-7-5-10-18(15(14)2)20(19-12-22-13-23-19)16-8-6-9-17(11-16)21(25)24(3)4/h5-13,20H,1-4H3,(H,22,23). The molecule has 0 saturated carbocycles. The van der Waals surface area contributed by atoms with Crippen molar-refractivity contribution < 1.29 is 4.79 Å². The van der Waals surface area contributed by atoms with Crippen molar-refractivity contribution in [2.75, 3.05) is 14.1 Å². The number of rotatable bonds is 4. The minimum absolute atomic E-state index is 0.00572. The van der Waals surface area contributed by atoms with E-state index in [1.54, 1.807) is 25.3 Å². The van der Waals surface area contributed by atoms with E-state index in [2.05, 4.69) is 48.1 Å². The molecule has 1 heterocycles. The van der Waals surface area contributed by atoms with E-state index in [4.69, 9.17) is 0 Å². The normalized spacial score (nSPS) is 12.0. The maximum Gasteiger partial charge on any atom is 0.253 e. The van der Waals surface area contributed by atoms with Crippen LogP contribution < -0.4 is 0 Å². The van der Waals surface area contributed by atoms with Crippen molar-refractivity contribution >= 4 is 5.91 Å². The highest BCUT2D eigenvalue weighted by Crippen LogP contribution is 2.34. The van der Waals surface area contributed by atoms with Crippen LogP contribution in [0.15, 0.2) is 55.0 Å². The fourth-order valence-electron chi connectivity index (χ4n) is 3.15. The number of hydrogen-bond donors (Lipinski definition) is 1. The van der Waals surface area contributed by atoms with Crippen molar-refractivity contribution in [1.82, 2.24) is 14.9 Å². The van der Waals surface area contributed by atoms with Gasteiger partial charge in [0.2, 0.25) is 0 Å². The number of amides is 1. The van der Waals surface area contributed by atoms with Gasteiger partial charge in [0.15, 0.2) is 0 Å². The van der Waals surface area contributed by atoms with Crippen LogP contribution >= 0.6 is 0 Å². The van der Waals surface area contributed by atoms with Crippen molar-refractivity contribution in [3.63, 3.8) is 0 Å². The van der Waals surface area contributed by atoms with Crippen LogP contribution in [-0.2, 0) is 0 Å². The largest absolute Gasteiger partial charge is 0.348 e. The van der Waals surface area contributed by atoms with Crippen molar-refractivity contribution in [1.29, 1.82) is 0 Å². The van der Waals surface area contributed by atoms with E-state index >= 15 is 0 Å². The van der Waals surface area contributed by atoms with Gasteiger partial charge >= 0.3 is 0 Å². The molecule has 3 rings (SSSR count). The number of carbonyl (C=O) groups is 1. The molecule has 0 aliphatic rings. The van der Waals surface area contributed by atoms with E-state index in [0.29, 0.717) is 5.56 Å². The first-order valence-corrected chi connectivity index (χ1v) is 8.35. The number of carbonyl (C=O) groups excluding carboxylic acids is 1. The number of hydrogen-bond acceptors (Lipinski definition) is 2. The van der Waals surface area contributed by atoms with Gasteiger partial charge in [-0.25, -0.2) is 4.98 Å². The average Bonchev–Trinajstić information content (AvgIpc) is 3.12. The summed E-state index contributed by atoms with van der Waals surface area (Å²) < 4.78 is 0. The second-order valence-electron chi connectivity index (χ2n) is 6.55. The van der Waals surface area contributed by atoms with E-state index in [0.717, 1.165) is 11.3 Å². The summed E-state index contributed by atoms with van der Waals surface area (Å²) in [4.78, 5) is 21.4. The smallest absolute Gasteiger partial charge is 0.253 e. The minimum Gasteiger partial charge on any atom is -0.348 e. The second-order valence-corrected chi connectivity index (χ2v) is 6.55. The number of nitrogens with zero attached hydrogens (tertiary/aromatic N) is 2.